The molecular formula is C18H27F3N2O2. The van der Waals surface area contributed by atoms with Crippen molar-refractivity contribution in [1.82, 2.24) is 4.90 Å². The number of piperidine rings is 1. The van der Waals surface area contributed by atoms with Crippen LogP contribution < -0.4 is 15.2 Å². The molecule has 7 heteroatoms. The summed E-state index contributed by atoms with van der Waals surface area (Å²) in [4.78, 5) is 2.31. The Kier molecular flexibility index (Phi) is 6.21. The van der Waals surface area contributed by atoms with Gasteiger partial charge in [-0.05, 0) is 36.5 Å². The lowest BCUT2D eigenvalue weighted by molar-refractivity contribution is -0.153. The third-order valence-corrected chi connectivity index (χ3v) is 4.50. The largest absolute Gasteiger partial charge is 0.490 e. The molecule has 1 aliphatic heterocycles. The van der Waals surface area contributed by atoms with Crippen molar-refractivity contribution in [2.45, 2.75) is 46.0 Å². The quantitative estimate of drug-likeness (QED) is 0.842. The van der Waals surface area contributed by atoms with Crippen LogP contribution in [0.1, 0.15) is 32.8 Å². The van der Waals surface area contributed by atoms with Crippen molar-refractivity contribution in [3.63, 3.8) is 0 Å². The van der Waals surface area contributed by atoms with Gasteiger partial charge in [0.05, 0.1) is 6.61 Å². The van der Waals surface area contributed by atoms with E-state index in [1.165, 1.54) is 0 Å². The zero-order valence-corrected chi connectivity index (χ0v) is 15.0. The number of hydrogen-bond donors (Lipinski definition) is 1. The Labute approximate surface area is 147 Å². The number of rotatable bonds is 6. The highest BCUT2D eigenvalue weighted by atomic mass is 19.4. The predicted octanol–water partition coefficient (Wildman–Crippen LogP) is 3.59. The average Bonchev–Trinajstić information content (AvgIpc) is 2.49. The molecule has 0 aliphatic carbocycles. The number of nitrogens with zero attached hydrogens (tertiary/aromatic N) is 1. The van der Waals surface area contributed by atoms with Gasteiger partial charge in [0.15, 0.2) is 18.1 Å². The third kappa shape index (κ3) is 5.78. The highest BCUT2D eigenvalue weighted by molar-refractivity contribution is 5.43. The summed E-state index contributed by atoms with van der Waals surface area (Å²) in [5, 5.41) is 0. The second kappa shape index (κ2) is 7.83. The topological polar surface area (TPSA) is 47.7 Å². The number of likely N-dealkylation sites (tertiary alicyclic amines) is 1. The molecule has 0 spiro atoms. The molecule has 0 bridgehead atoms. The van der Waals surface area contributed by atoms with Crippen molar-refractivity contribution in [3.8, 4) is 11.5 Å². The summed E-state index contributed by atoms with van der Waals surface area (Å²) < 4.78 is 47.4. The molecule has 0 aromatic heterocycles. The van der Waals surface area contributed by atoms with E-state index in [9.17, 15) is 13.2 Å². The molecule has 0 amide bonds. The monoisotopic (exact) mass is 360 g/mol. The van der Waals surface area contributed by atoms with Gasteiger partial charge < -0.3 is 15.2 Å². The van der Waals surface area contributed by atoms with Gasteiger partial charge >= 0.3 is 6.18 Å². The van der Waals surface area contributed by atoms with E-state index in [1.54, 1.807) is 25.1 Å². The van der Waals surface area contributed by atoms with Crippen LogP contribution in [-0.2, 0) is 6.54 Å². The molecule has 142 valence electrons. The van der Waals surface area contributed by atoms with Crippen LogP contribution in [0, 0.1) is 5.41 Å². The summed E-state index contributed by atoms with van der Waals surface area (Å²) >= 11 is 0. The van der Waals surface area contributed by atoms with Crippen molar-refractivity contribution in [2.24, 2.45) is 11.1 Å². The van der Waals surface area contributed by atoms with Crippen LogP contribution in [0.2, 0.25) is 0 Å². The lowest BCUT2D eigenvalue weighted by atomic mass is 9.79. The van der Waals surface area contributed by atoms with Crippen molar-refractivity contribution in [3.05, 3.63) is 23.8 Å². The minimum absolute atomic E-state index is 0.0385. The average molecular weight is 360 g/mol. The Hall–Kier alpha value is -1.47. The van der Waals surface area contributed by atoms with E-state index in [2.05, 4.69) is 18.7 Å². The number of benzene rings is 1. The lowest BCUT2D eigenvalue weighted by Crippen LogP contribution is -2.52. The summed E-state index contributed by atoms with van der Waals surface area (Å²) in [6.07, 6.45) is -3.45. The van der Waals surface area contributed by atoms with Crippen LogP contribution in [0.3, 0.4) is 0 Å². The van der Waals surface area contributed by atoms with E-state index >= 15 is 0 Å². The van der Waals surface area contributed by atoms with Crippen LogP contribution in [0.4, 0.5) is 13.2 Å². The summed E-state index contributed by atoms with van der Waals surface area (Å²) in [5.41, 5.74) is 7.18. The lowest BCUT2D eigenvalue weighted by Gasteiger charge is -2.42. The first-order valence-electron chi connectivity index (χ1n) is 8.54. The second-order valence-corrected chi connectivity index (χ2v) is 7.21. The number of halogens is 3. The molecule has 1 saturated heterocycles. The van der Waals surface area contributed by atoms with Gasteiger partial charge in [-0.25, -0.2) is 0 Å². The second-order valence-electron chi connectivity index (χ2n) is 7.21. The third-order valence-electron chi connectivity index (χ3n) is 4.50. The molecule has 1 aromatic rings. The zero-order chi connectivity index (χ0) is 18.7. The SMILES string of the molecule is CCOc1cc(CN2CCC(N)C(C)(C)C2)ccc1OCC(F)(F)F. The molecule has 1 aromatic carbocycles. The molecule has 1 heterocycles. The first kappa shape index (κ1) is 19.8. The molecule has 1 unspecified atom stereocenters. The molecular weight excluding hydrogens is 333 g/mol. The minimum atomic E-state index is -4.37. The highest BCUT2D eigenvalue weighted by Crippen LogP contribution is 2.32. The van der Waals surface area contributed by atoms with Gasteiger partial charge in [-0.3, -0.25) is 4.90 Å². The number of nitrogens with two attached hydrogens (primary N) is 1. The molecule has 1 atom stereocenters. The molecule has 25 heavy (non-hydrogen) atoms. The molecule has 2 rings (SSSR count). The minimum Gasteiger partial charge on any atom is -0.490 e. The normalized spacial score (nSPS) is 21.2. The smallest absolute Gasteiger partial charge is 0.422 e. The van der Waals surface area contributed by atoms with Crippen LogP contribution in [0.15, 0.2) is 18.2 Å². The van der Waals surface area contributed by atoms with Gasteiger partial charge in [0.2, 0.25) is 0 Å². The number of ether oxygens (including phenoxy) is 2. The van der Waals surface area contributed by atoms with E-state index in [0.29, 0.717) is 18.9 Å². The Morgan fingerprint density at radius 3 is 2.56 bits per heavy atom. The number of alkyl halides is 3. The standard InChI is InChI=1S/C18H27F3N2O2/c1-4-24-15-9-13(5-6-14(15)25-12-18(19,20)21)10-23-8-7-16(22)17(2,3)11-23/h5-6,9,16H,4,7-8,10-12,22H2,1-3H3. The fraction of sp³-hybridized carbons (Fsp3) is 0.667. The molecule has 4 nitrogen and oxygen atoms in total. The maximum Gasteiger partial charge on any atom is 0.422 e. The van der Waals surface area contributed by atoms with Crippen molar-refractivity contribution >= 4 is 0 Å². The molecule has 2 N–H and O–H groups in total. The van der Waals surface area contributed by atoms with Crippen LogP contribution in [0.25, 0.3) is 0 Å². The van der Waals surface area contributed by atoms with Crippen molar-refractivity contribution < 1.29 is 22.6 Å². The summed E-state index contributed by atoms with van der Waals surface area (Å²) in [6.45, 7) is 7.62. The van der Waals surface area contributed by atoms with Gasteiger partial charge in [0.25, 0.3) is 0 Å². The predicted molar refractivity (Wildman–Crippen MR) is 90.8 cm³/mol. The maximum absolute atomic E-state index is 12.4. The van der Waals surface area contributed by atoms with E-state index < -0.39 is 12.8 Å². The highest BCUT2D eigenvalue weighted by Gasteiger charge is 2.33. The molecule has 1 fully saturated rings. The molecule has 0 saturated carbocycles. The van der Waals surface area contributed by atoms with Crippen molar-refractivity contribution in [2.75, 3.05) is 26.3 Å². The Morgan fingerprint density at radius 1 is 1.24 bits per heavy atom. The first-order valence-corrected chi connectivity index (χ1v) is 8.54. The Balaban J connectivity index is 2.07. The number of hydrogen-bond acceptors (Lipinski definition) is 4. The van der Waals surface area contributed by atoms with Gasteiger partial charge in [-0.2, -0.15) is 13.2 Å². The Morgan fingerprint density at radius 2 is 1.96 bits per heavy atom. The van der Waals surface area contributed by atoms with Crippen LogP contribution in [0.5, 0.6) is 11.5 Å². The maximum atomic E-state index is 12.4. The van der Waals surface area contributed by atoms with Crippen LogP contribution in [-0.4, -0.2) is 43.4 Å². The van der Waals surface area contributed by atoms with Crippen molar-refractivity contribution in [1.29, 1.82) is 0 Å². The molecule has 0 radical (unpaired) electrons. The van der Waals surface area contributed by atoms with Gasteiger partial charge in [0.1, 0.15) is 0 Å². The fourth-order valence-electron chi connectivity index (χ4n) is 3.08. The van der Waals surface area contributed by atoms with Gasteiger partial charge in [-0.1, -0.05) is 19.9 Å². The fourth-order valence-corrected chi connectivity index (χ4v) is 3.08. The van der Waals surface area contributed by atoms with Crippen LogP contribution >= 0.6 is 0 Å². The zero-order valence-electron chi connectivity index (χ0n) is 15.0. The summed E-state index contributed by atoms with van der Waals surface area (Å²) in [6, 6.07) is 5.28. The van der Waals surface area contributed by atoms with E-state index in [1.807, 2.05) is 0 Å². The van der Waals surface area contributed by atoms with Gasteiger partial charge in [-0.15, -0.1) is 0 Å². The summed E-state index contributed by atoms with van der Waals surface area (Å²) in [5.74, 6) is 0.459. The molecule has 1 aliphatic rings. The first-order chi connectivity index (χ1) is 11.6. The van der Waals surface area contributed by atoms with E-state index in [4.69, 9.17) is 15.2 Å². The van der Waals surface area contributed by atoms with E-state index in [-0.39, 0.29) is 17.2 Å². The van der Waals surface area contributed by atoms with Gasteiger partial charge in [0, 0.05) is 25.7 Å². The summed E-state index contributed by atoms with van der Waals surface area (Å²) in [7, 11) is 0. The van der Waals surface area contributed by atoms with E-state index in [0.717, 1.165) is 25.1 Å². The Bertz CT molecular complexity index is 576.